The summed E-state index contributed by atoms with van der Waals surface area (Å²) in [6.45, 7) is 0.454. The summed E-state index contributed by atoms with van der Waals surface area (Å²) < 4.78 is 14.0. The molecule has 0 heterocycles. The van der Waals surface area contributed by atoms with Crippen LogP contribution in [0.25, 0.3) is 0 Å². The van der Waals surface area contributed by atoms with Crippen LogP contribution < -0.4 is 0 Å². The molecule has 2 aromatic carbocycles. The largest absolute Gasteiger partial charge is 0.337 e. The number of benzene rings is 2. The van der Waals surface area contributed by atoms with Crippen molar-refractivity contribution in [2.24, 2.45) is 0 Å². The van der Waals surface area contributed by atoms with Crippen LogP contribution in [-0.4, -0.2) is 17.9 Å². The number of halogens is 3. The van der Waals surface area contributed by atoms with E-state index >= 15 is 0 Å². The zero-order valence-electron chi connectivity index (χ0n) is 10.7. The van der Waals surface area contributed by atoms with Crippen LogP contribution in [0, 0.1) is 5.82 Å². The molecule has 5 heteroatoms. The highest BCUT2D eigenvalue weighted by molar-refractivity contribution is 9.10. The Kier molecular flexibility index (Phi) is 4.78. The molecule has 0 saturated heterocycles. The summed E-state index contributed by atoms with van der Waals surface area (Å²) in [5.41, 5.74) is 1.36. The number of rotatable bonds is 3. The topological polar surface area (TPSA) is 20.3 Å². The van der Waals surface area contributed by atoms with E-state index in [-0.39, 0.29) is 10.9 Å². The van der Waals surface area contributed by atoms with Gasteiger partial charge in [-0.25, -0.2) is 4.39 Å². The highest BCUT2D eigenvalue weighted by Crippen LogP contribution is 2.20. The van der Waals surface area contributed by atoms with Gasteiger partial charge in [0.15, 0.2) is 0 Å². The molecule has 0 atom stereocenters. The maximum absolute atomic E-state index is 13.1. The maximum Gasteiger partial charge on any atom is 0.253 e. The Morgan fingerprint density at radius 2 is 2.00 bits per heavy atom. The molecule has 2 nitrogen and oxygen atoms in total. The van der Waals surface area contributed by atoms with Crippen molar-refractivity contribution >= 4 is 33.4 Å². The average Bonchev–Trinajstić information content (AvgIpc) is 2.43. The third-order valence-corrected chi connectivity index (χ3v) is 3.94. The normalized spacial score (nSPS) is 10.4. The Morgan fingerprint density at radius 1 is 1.30 bits per heavy atom. The molecule has 0 aliphatic carbocycles. The number of nitrogens with zero attached hydrogens (tertiary/aromatic N) is 1. The van der Waals surface area contributed by atoms with Crippen LogP contribution in [0.1, 0.15) is 15.9 Å². The zero-order chi connectivity index (χ0) is 14.7. The van der Waals surface area contributed by atoms with Gasteiger partial charge in [0, 0.05) is 23.6 Å². The second-order valence-corrected chi connectivity index (χ2v) is 5.64. The van der Waals surface area contributed by atoms with Crippen LogP contribution in [0.15, 0.2) is 46.9 Å². The summed E-state index contributed by atoms with van der Waals surface area (Å²) in [7, 11) is 1.69. The molecule has 0 N–H and O–H groups in total. The molecule has 0 aliphatic heterocycles. The van der Waals surface area contributed by atoms with Gasteiger partial charge in [0.05, 0.1) is 5.02 Å². The van der Waals surface area contributed by atoms with E-state index in [2.05, 4.69) is 15.9 Å². The fraction of sp³-hybridized carbons (Fsp3) is 0.133. The van der Waals surface area contributed by atoms with Crippen LogP contribution in [0.3, 0.4) is 0 Å². The fourth-order valence-corrected chi connectivity index (χ4v) is 2.39. The van der Waals surface area contributed by atoms with E-state index in [1.807, 2.05) is 24.3 Å². The average molecular weight is 357 g/mol. The lowest BCUT2D eigenvalue weighted by molar-refractivity contribution is 0.0785. The summed E-state index contributed by atoms with van der Waals surface area (Å²) in [6, 6.07) is 11.6. The molecule has 0 spiro atoms. The fourth-order valence-electron chi connectivity index (χ4n) is 1.80. The van der Waals surface area contributed by atoms with Gasteiger partial charge in [0.1, 0.15) is 5.82 Å². The van der Waals surface area contributed by atoms with Crippen molar-refractivity contribution in [1.82, 2.24) is 4.90 Å². The molecule has 0 aliphatic rings. The van der Waals surface area contributed by atoms with Crippen LogP contribution in [0.2, 0.25) is 5.02 Å². The standard InChI is InChI=1S/C15H12BrClFNO/c1-19(9-11-4-2-3-5-12(11)16)15(20)10-6-7-14(18)13(17)8-10/h2-8H,9H2,1H3. The van der Waals surface area contributed by atoms with Crippen LogP contribution in [-0.2, 0) is 6.54 Å². The smallest absolute Gasteiger partial charge is 0.253 e. The van der Waals surface area contributed by atoms with Crippen LogP contribution >= 0.6 is 27.5 Å². The Hall–Kier alpha value is -1.39. The summed E-state index contributed by atoms with van der Waals surface area (Å²) in [5.74, 6) is -0.737. The zero-order valence-corrected chi connectivity index (χ0v) is 13.1. The first-order valence-electron chi connectivity index (χ1n) is 5.93. The van der Waals surface area contributed by atoms with Crippen molar-refractivity contribution in [2.45, 2.75) is 6.54 Å². The van der Waals surface area contributed by atoms with Gasteiger partial charge in [0.2, 0.25) is 0 Å². The highest BCUT2D eigenvalue weighted by atomic mass is 79.9. The maximum atomic E-state index is 13.1. The van der Waals surface area contributed by atoms with Gasteiger partial charge in [-0.1, -0.05) is 45.7 Å². The van der Waals surface area contributed by atoms with E-state index in [9.17, 15) is 9.18 Å². The Bertz CT molecular complexity index is 648. The first kappa shape index (κ1) is 15.0. The van der Waals surface area contributed by atoms with E-state index in [0.29, 0.717) is 12.1 Å². The molecule has 0 unspecified atom stereocenters. The number of carbonyl (C=O) groups is 1. The van der Waals surface area contributed by atoms with Gasteiger partial charge in [0.25, 0.3) is 5.91 Å². The Morgan fingerprint density at radius 3 is 2.65 bits per heavy atom. The predicted molar refractivity (Wildman–Crippen MR) is 81.3 cm³/mol. The first-order chi connectivity index (χ1) is 9.49. The molecule has 2 aromatic rings. The SMILES string of the molecule is CN(Cc1ccccc1Br)C(=O)c1ccc(F)c(Cl)c1. The molecule has 0 radical (unpaired) electrons. The van der Waals surface area contributed by atoms with Crippen molar-refractivity contribution < 1.29 is 9.18 Å². The van der Waals surface area contributed by atoms with E-state index in [0.717, 1.165) is 10.0 Å². The lowest BCUT2D eigenvalue weighted by Crippen LogP contribution is -2.26. The lowest BCUT2D eigenvalue weighted by Gasteiger charge is -2.18. The molecule has 20 heavy (non-hydrogen) atoms. The second-order valence-electron chi connectivity index (χ2n) is 4.38. The second kappa shape index (κ2) is 6.37. The van der Waals surface area contributed by atoms with E-state index in [4.69, 9.17) is 11.6 Å². The minimum atomic E-state index is -0.531. The third kappa shape index (κ3) is 3.38. The van der Waals surface area contributed by atoms with E-state index in [1.165, 1.54) is 18.2 Å². The summed E-state index contributed by atoms with van der Waals surface area (Å²) in [5, 5.41) is -0.0508. The quantitative estimate of drug-likeness (QED) is 0.792. The van der Waals surface area contributed by atoms with E-state index in [1.54, 1.807) is 11.9 Å². The van der Waals surface area contributed by atoms with Gasteiger partial charge in [-0.15, -0.1) is 0 Å². The van der Waals surface area contributed by atoms with Crippen molar-refractivity contribution in [3.8, 4) is 0 Å². The summed E-state index contributed by atoms with van der Waals surface area (Å²) in [4.78, 5) is 13.8. The van der Waals surface area contributed by atoms with Crippen molar-refractivity contribution in [3.05, 3.63) is 68.9 Å². The van der Waals surface area contributed by atoms with Gasteiger partial charge < -0.3 is 4.90 Å². The van der Waals surface area contributed by atoms with Gasteiger partial charge in [-0.3, -0.25) is 4.79 Å². The Balaban J connectivity index is 2.16. The summed E-state index contributed by atoms with van der Waals surface area (Å²) in [6.07, 6.45) is 0. The number of hydrogen-bond acceptors (Lipinski definition) is 1. The van der Waals surface area contributed by atoms with Crippen LogP contribution in [0.4, 0.5) is 4.39 Å². The van der Waals surface area contributed by atoms with Crippen LogP contribution in [0.5, 0.6) is 0 Å². The lowest BCUT2D eigenvalue weighted by atomic mass is 10.1. The molecule has 0 saturated carbocycles. The molecule has 0 aromatic heterocycles. The molecule has 2 rings (SSSR count). The molecular formula is C15H12BrClFNO. The van der Waals surface area contributed by atoms with Gasteiger partial charge in [-0.2, -0.15) is 0 Å². The van der Waals surface area contributed by atoms with Crippen molar-refractivity contribution in [2.75, 3.05) is 7.05 Å². The monoisotopic (exact) mass is 355 g/mol. The summed E-state index contributed by atoms with van der Waals surface area (Å²) >= 11 is 9.14. The van der Waals surface area contributed by atoms with Crippen molar-refractivity contribution in [1.29, 1.82) is 0 Å². The number of carbonyl (C=O) groups excluding carboxylic acids is 1. The molecule has 0 bridgehead atoms. The van der Waals surface area contributed by atoms with Gasteiger partial charge in [-0.05, 0) is 29.8 Å². The molecular weight excluding hydrogens is 345 g/mol. The number of hydrogen-bond donors (Lipinski definition) is 0. The third-order valence-electron chi connectivity index (χ3n) is 2.88. The molecule has 1 amide bonds. The van der Waals surface area contributed by atoms with E-state index < -0.39 is 5.82 Å². The first-order valence-corrected chi connectivity index (χ1v) is 7.10. The molecule has 104 valence electrons. The Labute approximate surface area is 130 Å². The highest BCUT2D eigenvalue weighted by Gasteiger charge is 2.14. The predicted octanol–water partition coefficient (Wildman–Crippen LogP) is 4.51. The number of amides is 1. The molecule has 0 fully saturated rings. The van der Waals surface area contributed by atoms with Gasteiger partial charge >= 0.3 is 0 Å². The minimum absolute atomic E-state index is 0.0508. The van der Waals surface area contributed by atoms with Crippen molar-refractivity contribution in [3.63, 3.8) is 0 Å². The minimum Gasteiger partial charge on any atom is -0.337 e.